The zero-order valence-electron chi connectivity index (χ0n) is 7.10. The van der Waals surface area contributed by atoms with Gasteiger partial charge < -0.3 is 5.32 Å². The molecule has 0 atom stereocenters. The second-order valence-corrected chi connectivity index (χ2v) is 3.58. The summed E-state index contributed by atoms with van der Waals surface area (Å²) in [4.78, 5) is 11.0. The Labute approximate surface area is 90.9 Å². The van der Waals surface area contributed by atoms with E-state index in [1.807, 2.05) is 24.3 Å². The largest absolute Gasteiger partial charge is 0.315 e. The van der Waals surface area contributed by atoms with E-state index in [0.29, 0.717) is 0 Å². The lowest BCUT2D eigenvalue weighted by atomic mass is 10.3. The number of nitrogens with one attached hydrogen (secondary N) is 1. The molecule has 3 heteroatoms. The summed E-state index contributed by atoms with van der Waals surface area (Å²) in [5.41, 5.74) is 0.771. The van der Waals surface area contributed by atoms with Crippen LogP contribution in [-0.4, -0.2) is 5.91 Å². The molecule has 66 valence electrons. The summed E-state index contributed by atoms with van der Waals surface area (Å²) in [5.74, 6) is 4.67. The summed E-state index contributed by atoms with van der Waals surface area (Å²) >= 11 is 2.21. The molecule has 1 amide bonds. The molecular weight excluding hydrogens is 277 g/mol. The number of benzene rings is 1. The number of hydrogen-bond donors (Lipinski definition) is 1. The van der Waals surface area contributed by atoms with E-state index >= 15 is 0 Å². The zero-order valence-corrected chi connectivity index (χ0v) is 9.25. The molecule has 1 aromatic rings. The molecule has 0 heterocycles. The normalized spacial score (nSPS) is 8.46. The number of carbonyl (C=O) groups is 1. The highest BCUT2D eigenvalue weighted by Gasteiger charge is 1.96. The van der Waals surface area contributed by atoms with Crippen LogP contribution >= 0.6 is 22.6 Å². The Morgan fingerprint density at radius 3 is 2.54 bits per heavy atom. The molecule has 0 unspecified atom stereocenters. The maximum Gasteiger partial charge on any atom is 0.300 e. The summed E-state index contributed by atoms with van der Waals surface area (Å²) in [6.07, 6.45) is 0. The van der Waals surface area contributed by atoms with Crippen LogP contribution in [0.15, 0.2) is 24.3 Å². The van der Waals surface area contributed by atoms with Crippen LogP contribution in [0.1, 0.15) is 6.92 Å². The van der Waals surface area contributed by atoms with Gasteiger partial charge in [0.25, 0.3) is 5.91 Å². The number of hydrogen-bond acceptors (Lipinski definition) is 1. The first-order valence-corrected chi connectivity index (χ1v) is 4.79. The minimum absolute atomic E-state index is 0.274. The standard InChI is InChI=1S/C10H8INO/c1-2-3-10(13)12-9-6-4-8(11)5-7-9/h4-7H,1H3,(H,12,13). The zero-order chi connectivity index (χ0) is 9.68. The average Bonchev–Trinajstić information content (AvgIpc) is 2.09. The third-order valence-electron chi connectivity index (χ3n) is 1.34. The molecule has 0 aromatic heterocycles. The molecule has 0 aliphatic heterocycles. The van der Waals surface area contributed by atoms with E-state index in [2.05, 4.69) is 39.7 Å². The summed E-state index contributed by atoms with van der Waals surface area (Å²) < 4.78 is 1.14. The van der Waals surface area contributed by atoms with Gasteiger partial charge in [-0.2, -0.15) is 0 Å². The number of carbonyl (C=O) groups excluding carboxylic acids is 1. The molecule has 0 fully saturated rings. The third kappa shape index (κ3) is 3.47. The van der Waals surface area contributed by atoms with Gasteiger partial charge in [-0.1, -0.05) is 5.92 Å². The first kappa shape index (κ1) is 10.1. The van der Waals surface area contributed by atoms with Gasteiger partial charge in [0.1, 0.15) is 0 Å². The van der Waals surface area contributed by atoms with Crippen molar-refractivity contribution in [2.24, 2.45) is 0 Å². The van der Waals surface area contributed by atoms with Gasteiger partial charge in [0.05, 0.1) is 0 Å². The van der Waals surface area contributed by atoms with Crippen molar-refractivity contribution in [2.75, 3.05) is 5.32 Å². The second kappa shape index (κ2) is 4.87. The van der Waals surface area contributed by atoms with Crippen LogP contribution in [-0.2, 0) is 4.79 Å². The Morgan fingerprint density at radius 2 is 2.00 bits per heavy atom. The van der Waals surface area contributed by atoms with Crippen molar-refractivity contribution in [3.63, 3.8) is 0 Å². The second-order valence-electron chi connectivity index (χ2n) is 2.34. The summed E-state index contributed by atoms with van der Waals surface area (Å²) in [6.45, 7) is 1.63. The number of halogens is 1. The Balaban J connectivity index is 2.68. The lowest BCUT2D eigenvalue weighted by molar-refractivity contribution is -0.111. The number of rotatable bonds is 1. The van der Waals surface area contributed by atoms with E-state index in [0.717, 1.165) is 9.26 Å². The predicted octanol–water partition coefficient (Wildman–Crippen LogP) is 2.25. The van der Waals surface area contributed by atoms with Crippen LogP contribution in [0.4, 0.5) is 5.69 Å². The van der Waals surface area contributed by atoms with Crippen LogP contribution in [0.3, 0.4) is 0 Å². The van der Waals surface area contributed by atoms with Gasteiger partial charge in [0.15, 0.2) is 0 Å². The molecular formula is C10H8INO. The van der Waals surface area contributed by atoms with Crippen LogP contribution in [0.2, 0.25) is 0 Å². The highest BCUT2D eigenvalue weighted by molar-refractivity contribution is 14.1. The van der Waals surface area contributed by atoms with Crippen LogP contribution in [0.25, 0.3) is 0 Å². The Morgan fingerprint density at radius 1 is 1.38 bits per heavy atom. The fourth-order valence-electron chi connectivity index (χ4n) is 0.809. The van der Waals surface area contributed by atoms with Gasteiger partial charge in [0.2, 0.25) is 0 Å². The molecule has 0 aliphatic carbocycles. The molecule has 1 aromatic carbocycles. The van der Waals surface area contributed by atoms with E-state index in [1.54, 1.807) is 6.92 Å². The van der Waals surface area contributed by atoms with Crippen LogP contribution in [0.5, 0.6) is 0 Å². The average molecular weight is 285 g/mol. The first-order valence-electron chi connectivity index (χ1n) is 3.71. The quantitative estimate of drug-likeness (QED) is 0.622. The molecule has 0 spiro atoms. The highest BCUT2D eigenvalue weighted by Crippen LogP contribution is 2.10. The lowest BCUT2D eigenvalue weighted by Crippen LogP contribution is -2.07. The van der Waals surface area contributed by atoms with Crippen molar-refractivity contribution in [3.8, 4) is 11.8 Å². The van der Waals surface area contributed by atoms with Crippen molar-refractivity contribution in [2.45, 2.75) is 6.92 Å². The molecule has 0 saturated heterocycles. The summed E-state index contributed by atoms with van der Waals surface area (Å²) in [5, 5.41) is 2.65. The maximum absolute atomic E-state index is 11.0. The van der Waals surface area contributed by atoms with E-state index in [4.69, 9.17) is 0 Å². The molecule has 0 aliphatic rings. The fraction of sp³-hybridized carbons (Fsp3) is 0.100. The van der Waals surface area contributed by atoms with E-state index < -0.39 is 0 Å². The predicted molar refractivity (Wildman–Crippen MR) is 61.2 cm³/mol. The Hall–Kier alpha value is -1.02. The first-order chi connectivity index (χ1) is 6.22. The molecule has 0 saturated carbocycles. The topological polar surface area (TPSA) is 29.1 Å². The number of amides is 1. The minimum atomic E-state index is -0.274. The lowest BCUT2D eigenvalue weighted by Gasteiger charge is -1.99. The van der Waals surface area contributed by atoms with E-state index in [1.165, 1.54) is 0 Å². The van der Waals surface area contributed by atoms with Crippen molar-refractivity contribution in [1.82, 2.24) is 0 Å². The van der Waals surface area contributed by atoms with Crippen LogP contribution < -0.4 is 5.32 Å². The van der Waals surface area contributed by atoms with Crippen molar-refractivity contribution >= 4 is 34.2 Å². The number of anilines is 1. The molecule has 0 bridgehead atoms. The summed E-state index contributed by atoms with van der Waals surface area (Å²) in [7, 11) is 0. The van der Waals surface area contributed by atoms with Crippen molar-refractivity contribution in [1.29, 1.82) is 0 Å². The van der Waals surface area contributed by atoms with Crippen molar-refractivity contribution < 1.29 is 4.79 Å². The molecule has 1 N–H and O–H groups in total. The monoisotopic (exact) mass is 285 g/mol. The van der Waals surface area contributed by atoms with Gasteiger partial charge in [-0.3, -0.25) is 4.79 Å². The molecule has 2 nitrogen and oxygen atoms in total. The van der Waals surface area contributed by atoms with Gasteiger partial charge in [0, 0.05) is 9.26 Å². The minimum Gasteiger partial charge on any atom is -0.315 e. The Kier molecular flexibility index (Phi) is 3.77. The highest BCUT2D eigenvalue weighted by atomic mass is 127. The molecule has 0 radical (unpaired) electrons. The van der Waals surface area contributed by atoms with Gasteiger partial charge >= 0.3 is 0 Å². The van der Waals surface area contributed by atoms with Crippen molar-refractivity contribution in [3.05, 3.63) is 27.8 Å². The van der Waals surface area contributed by atoms with Gasteiger partial charge in [-0.05, 0) is 59.7 Å². The molecule has 1 rings (SSSR count). The van der Waals surface area contributed by atoms with E-state index in [9.17, 15) is 4.79 Å². The summed E-state index contributed by atoms with van der Waals surface area (Å²) in [6, 6.07) is 7.54. The van der Waals surface area contributed by atoms with Gasteiger partial charge in [-0.15, -0.1) is 0 Å². The van der Waals surface area contributed by atoms with E-state index in [-0.39, 0.29) is 5.91 Å². The maximum atomic E-state index is 11.0. The fourth-order valence-corrected chi connectivity index (χ4v) is 1.17. The Bertz CT molecular complexity index is 359. The van der Waals surface area contributed by atoms with Gasteiger partial charge in [-0.25, -0.2) is 0 Å². The van der Waals surface area contributed by atoms with Crippen LogP contribution in [0, 0.1) is 15.4 Å². The third-order valence-corrected chi connectivity index (χ3v) is 2.06. The smallest absolute Gasteiger partial charge is 0.300 e. The SMILES string of the molecule is CC#CC(=O)Nc1ccc(I)cc1. The molecule has 13 heavy (non-hydrogen) atoms.